The number of carbonyl (C=O) groups is 2. The Hall–Kier alpha value is -2.33. The number of nitrogens with zero attached hydrogens (tertiary/aromatic N) is 1. The summed E-state index contributed by atoms with van der Waals surface area (Å²) in [6, 6.07) is 12.2. The van der Waals surface area contributed by atoms with Crippen molar-refractivity contribution in [2.24, 2.45) is 0 Å². The molecule has 1 saturated heterocycles. The summed E-state index contributed by atoms with van der Waals surface area (Å²) in [6.45, 7) is 4.00. The molecule has 1 heterocycles. The van der Waals surface area contributed by atoms with Crippen LogP contribution in [0.2, 0.25) is 5.02 Å². The monoisotopic (exact) mass is 328 g/mol. The van der Waals surface area contributed by atoms with Gasteiger partial charge in [-0.15, -0.1) is 0 Å². The molecule has 2 aromatic rings. The first-order chi connectivity index (χ1) is 10.9. The molecule has 0 radical (unpaired) electrons. The van der Waals surface area contributed by atoms with E-state index in [4.69, 9.17) is 11.6 Å². The molecule has 0 aliphatic carbocycles. The quantitative estimate of drug-likeness (QED) is 0.874. The van der Waals surface area contributed by atoms with Crippen LogP contribution in [0.4, 0.5) is 11.4 Å². The second kappa shape index (κ2) is 6.05. The van der Waals surface area contributed by atoms with E-state index < -0.39 is 6.04 Å². The molecule has 4 nitrogen and oxygen atoms in total. The Bertz CT molecular complexity index is 768. The average molecular weight is 329 g/mol. The first kappa shape index (κ1) is 15.6. The number of hydrogen-bond donors (Lipinski definition) is 1. The molecule has 118 valence electrons. The molecule has 5 heteroatoms. The van der Waals surface area contributed by atoms with Gasteiger partial charge in [-0.25, -0.2) is 4.90 Å². The van der Waals surface area contributed by atoms with Gasteiger partial charge in [0.1, 0.15) is 6.04 Å². The number of amides is 2. The van der Waals surface area contributed by atoms with Crippen molar-refractivity contribution in [3.8, 4) is 0 Å². The van der Waals surface area contributed by atoms with E-state index in [0.29, 0.717) is 10.7 Å². The van der Waals surface area contributed by atoms with Crippen LogP contribution in [-0.4, -0.2) is 17.9 Å². The van der Waals surface area contributed by atoms with Crippen LogP contribution in [0.3, 0.4) is 0 Å². The minimum atomic E-state index is -0.553. The number of carbonyl (C=O) groups excluding carboxylic acids is 2. The molecule has 1 N–H and O–H groups in total. The Labute approximate surface area is 140 Å². The molecular formula is C18H17ClN2O2. The van der Waals surface area contributed by atoms with Gasteiger partial charge in [0.05, 0.1) is 12.1 Å². The van der Waals surface area contributed by atoms with Gasteiger partial charge in [-0.05, 0) is 55.3 Å². The van der Waals surface area contributed by atoms with Crippen molar-refractivity contribution < 1.29 is 9.59 Å². The summed E-state index contributed by atoms with van der Waals surface area (Å²) in [7, 11) is 0. The van der Waals surface area contributed by atoms with Gasteiger partial charge < -0.3 is 5.32 Å². The van der Waals surface area contributed by atoms with E-state index in [9.17, 15) is 9.59 Å². The summed E-state index contributed by atoms with van der Waals surface area (Å²) in [6.07, 6.45) is 0.137. The molecule has 0 saturated carbocycles. The van der Waals surface area contributed by atoms with Gasteiger partial charge in [0.25, 0.3) is 5.91 Å². The SMILES string of the molecule is Cc1cc(C)cc(N[C@@H]2CC(=O)N(c3cccc(Cl)c3)C2=O)c1. The largest absolute Gasteiger partial charge is 0.373 e. The lowest BCUT2D eigenvalue weighted by molar-refractivity contribution is -0.121. The summed E-state index contributed by atoms with van der Waals surface area (Å²) in [4.78, 5) is 26.1. The molecular weight excluding hydrogens is 312 g/mol. The molecule has 0 bridgehead atoms. The zero-order chi connectivity index (χ0) is 16.6. The number of halogens is 1. The fraction of sp³-hybridized carbons (Fsp3) is 0.222. The Morgan fingerprint density at radius 2 is 1.78 bits per heavy atom. The van der Waals surface area contributed by atoms with E-state index >= 15 is 0 Å². The highest BCUT2D eigenvalue weighted by atomic mass is 35.5. The van der Waals surface area contributed by atoms with Crippen molar-refractivity contribution in [1.29, 1.82) is 0 Å². The molecule has 1 atom stereocenters. The lowest BCUT2D eigenvalue weighted by Gasteiger charge is -2.16. The van der Waals surface area contributed by atoms with E-state index in [2.05, 4.69) is 11.4 Å². The normalized spacial score (nSPS) is 17.7. The van der Waals surface area contributed by atoms with Crippen LogP contribution >= 0.6 is 11.6 Å². The summed E-state index contributed by atoms with van der Waals surface area (Å²) in [5.41, 5.74) is 3.57. The maximum absolute atomic E-state index is 12.6. The van der Waals surface area contributed by atoms with Gasteiger partial charge in [0.2, 0.25) is 5.91 Å². The molecule has 23 heavy (non-hydrogen) atoms. The maximum Gasteiger partial charge on any atom is 0.256 e. The van der Waals surface area contributed by atoms with Gasteiger partial charge in [0, 0.05) is 10.7 Å². The number of aryl methyl sites for hydroxylation is 2. The zero-order valence-corrected chi connectivity index (χ0v) is 13.7. The predicted octanol–water partition coefficient (Wildman–Crippen LogP) is 3.70. The molecule has 1 fully saturated rings. The van der Waals surface area contributed by atoms with E-state index in [1.807, 2.05) is 26.0 Å². The molecule has 2 aromatic carbocycles. The number of hydrogen-bond acceptors (Lipinski definition) is 3. The second-order valence-corrected chi connectivity index (χ2v) is 6.26. The first-order valence-electron chi connectivity index (χ1n) is 7.41. The van der Waals surface area contributed by atoms with Crippen molar-refractivity contribution in [3.63, 3.8) is 0 Å². The Balaban J connectivity index is 1.83. The molecule has 0 spiro atoms. The summed E-state index contributed by atoms with van der Waals surface area (Å²) in [5, 5.41) is 3.67. The minimum absolute atomic E-state index is 0.137. The smallest absolute Gasteiger partial charge is 0.256 e. The van der Waals surface area contributed by atoms with Crippen molar-refractivity contribution in [1.82, 2.24) is 0 Å². The third kappa shape index (κ3) is 3.22. The van der Waals surface area contributed by atoms with Crippen molar-refractivity contribution in [3.05, 3.63) is 58.6 Å². The number of imide groups is 1. The number of rotatable bonds is 3. The topological polar surface area (TPSA) is 49.4 Å². The summed E-state index contributed by atoms with van der Waals surface area (Å²) < 4.78 is 0. The Kier molecular flexibility index (Phi) is 4.09. The summed E-state index contributed by atoms with van der Waals surface area (Å²) in [5.74, 6) is -0.476. The Morgan fingerprint density at radius 3 is 2.43 bits per heavy atom. The highest BCUT2D eigenvalue weighted by Gasteiger charge is 2.39. The van der Waals surface area contributed by atoms with Crippen LogP contribution in [0.1, 0.15) is 17.5 Å². The standard InChI is InChI=1S/C18H17ClN2O2/c1-11-6-12(2)8-14(7-11)20-16-10-17(22)21(18(16)23)15-5-3-4-13(19)9-15/h3-9,16,20H,10H2,1-2H3/t16-/m1/s1. The third-order valence-electron chi connectivity index (χ3n) is 3.78. The molecule has 0 unspecified atom stereocenters. The fourth-order valence-electron chi connectivity index (χ4n) is 2.89. The molecule has 0 aromatic heterocycles. The van der Waals surface area contributed by atoms with Gasteiger partial charge in [0.15, 0.2) is 0 Å². The van der Waals surface area contributed by atoms with Crippen LogP contribution < -0.4 is 10.2 Å². The van der Waals surface area contributed by atoms with Crippen molar-refractivity contribution in [2.45, 2.75) is 26.3 Å². The molecule has 1 aliphatic heterocycles. The zero-order valence-electron chi connectivity index (χ0n) is 13.0. The van der Waals surface area contributed by atoms with Gasteiger partial charge in [-0.3, -0.25) is 9.59 Å². The molecule has 2 amide bonds. The van der Waals surface area contributed by atoms with Gasteiger partial charge in [-0.2, -0.15) is 0 Å². The van der Waals surface area contributed by atoms with E-state index in [-0.39, 0.29) is 18.2 Å². The summed E-state index contributed by atoms with van der Waals surface area (Å²) >= 11 is 5.95. The van der Waals surface area contributed by atoms with Gasteiger partial charge >= 0.3 is 0 Å². The van der Waals surface area contributed by atoms with E-state index in [1.54, 1.807) is 24.3 Å². The highest BCUT2D eigenvalue weighted by Crippen LogP contribution is 2.27. The average Bonchev–Trinajstić information content (AvgIpc) is 2.72. The van der Waals surface area contributed by atoms with Crippen LogP contribution in [0.5, 0.6) is 0 Å². The van der Waals surface area contributed by atoms with Crippen LogP contribution in [0.25, 0.3) is 0 Å². The Morgan fingerprint density at radius 1 is 1.09 bits per heavy atom. The minimum Gasteiger partial charge on any atom is -0.373 e. The van der Waals surface area contributed by atoms with Crippen LogP contribution in [0, 0.1) is 13.8 Å². The highest BCUT2D eigenvalue weighted by molar-refractivity contribution is 6.31. The number of anilines is 2. The van der Waals surface area contributed by atoms with E-state index in [0.717, 1.165) is 16.8 Å². The number of benzene rings is 2. The number of nitrogens with one attached hydrogen (secondary N) is 1. The second-order valence-electron chi connectivity index (χ2n) is 5.82. The first-order valence-corrected chi connectivity index (χ1v) is 7.79. The van der Waals surface area contributed by atoms with Crippen molar-refractivity contribution >= 4 is 34.8 Å². The molecule has 3 rings (SSSR count). The van der Waals surface area contributed by atoms with Crippen LogP contribution in [-0.2, 0) is 9.59 Å². The van der Waals surface area contributed by atoms with Crippen LogP contribution in [0.15, 0.2) is 42.5 Å². The lowest BCUT2D eigenvalue weighted by atomic mass is 10.1. The maximum atomic E-state index is 12.6. The fourth-order valence-corrected chi connectivity index (χ4v) is 3.07. The van der Waals surface area contributed by atoms with Crippen molar-refractivity contribution in [2.75, 3.05) is 10.2 Å². The van der Waals surface area contributed by atoms with Gasteiger partial charge in [-0.1, -0.05) is 23.7 Å². The lowest BCUT2D eigenvalue weighted by Crippen LogP contribution is -2.34. The predicted molar refractivity (Wildman–Crippen MR) is 91.9 cm³/mol. The third-order valence-corrected chi connectivity index (χ3v) is 4.01. The van der Waals surface area contributed by atoms with E-state index in [1.165, 1.54) is 4.90 Å². The molecule has 1 aliphatic rings.